The highest BCUT2D eigenvalue weighted by Gasteiger charge is 2.16. The Bertz CT molecular complexity index is 681. The van der Waals surface area contributed by atoms with Crippen molar-refractivity contribution >= 4 is 11.3 Å². The molecule has 0 N–H and O–H groups in total. The van der Waals surface area contributed by atoms with E-state index >= 15 is 0 Å². The summed E-state index contributed by atoms with van der Waals surface area (Å²) in [4.78, 5) is 7.31. The largest absolute Gasteiger partial charge is 0.419 e. The van der Waals surface area contributed by atoms with Crippen molar-refractivity contribution in [1.82, 2.24) is 20.1 Å². The summed E-state index contributed by atoms with van der Waals surface area (Å²) in [6, 6.07) is 8.20. The minimum atomic E-state index is 0.232. The lowest BCUT2D eigenvalue weighted by molar-refractivity contribution is 0.228. The number of pyridine rings is 1. The van der Waals surface area contributed by atoms with Gasteiger partial charge < -0.3 is 4.42 Å². The molecule has 0 fully saturated rings. The lowest BCUT2D eigenvalue weighted by atomic mass is 10.1. The van der Waals surface area contributed by atoms with Crippen LogP contribution in [0.4, 0.5) is 0 Å². The first kappa shape index (κ1) is 13.9. The second kappa shape index (κ2) is 6.15. The van der Waals surface area contributed by atoms with Gasteiger partial charge in [-0.05, 0) is 37.0 Å². The molecular weight excluding hydrogens is 284 g/mol. The highest BCUT2D eigenvalue weighted by Crippen LogP contribution is 2.24. The van der Waals surface area contributed by atoms with Gasteiger partial charge >= 0.3 is 0 Å². The summed E-state index contributed by atoms with van der Waals surface area (Å²) in [5, 5.41) is 10.2. The zero-order valence-corrected chi connectivity index (χ0v) is 12.7. The van der Waals surface area contributed by atoms with Crippen LogP contribution in [-0.2, 0) is 6.54 Å². The lowest BCUT2D eigenvalue weighted by Crippen LogP contribution is -2.22. The molecule has 3 aromatic rings. The summed E-state index contributed by atoms with van der Waals surface area (Å²) in [5.41, 5.74) is 1.16. The molecular formula is C15H16N4OS. The smallest absolute Gasteiger partial charge is 0.257 e. The summed E-state index contributed by atoms with van der Waals surface area (Å²) < 4.78 is 5.72. The lowest BCUT2D eigenvalue weighted by Gasteiger charge is -2.22. The Morgan fingerprint density at radius 2 is 2.19 bits per heavy atom. The molecule has 0 aliphatic rings. The van der Waals surface area contributed by atoms with Crippen LogP contribution in [0.15, 0.2) is 46.5 Å². The Balaban J connectivity index is 1.69. The first-order chi connectivity index (χ1) is 10.2. The quantitative estimate of drug-likeness (QED) is 0.723. The Morgan fingerprint density at radius 1 is 1.29 bits per heavy atom. The molecule has 3 aromatic heterocycles. The molecule has 5 nitrogen and oxygen atoms in total. The third kappa shape index (κ3) is 3.17. The highest BCUT2D eigenvalue weighted by molar-refractivity contribution is 7.13. The molecule has 0 aromatic carbocycles. The van der Waals surface area contributed by atoms with Crippen LogP contribution >= 0.6 is 11.3 Å². The number of thiophene rings is 1. The molecule has 0 saturated heterocycles. The van der Waals surface area contributed by atoms with E-state index in [1.165, 1.54) is 0 Å². The van der Waals surface area contributed by atoms with Crippen molar-refractivity contribution < 1.29 is 4.42 Å². The third-order valence-electron chi connectivity index (χ3n) is 3.41. The van der Waals surface area contributed by atoms with Crippen molar-refractivity contribution in [3.8, 4) is 10.8 Å². The predicted octanol–water partition coefficient (Wildman–Crippen LogP) is 3.39. The normalized spacial score (nSPS) is 12.7. The number of hydrogen-bond acceptors (Lipinski definition) is 6. The van der Waals surface area contributed by atoms with E-state index in [4.69, 9.17) is 4.42 Å². The predicted molar refractivity (Wildman–Crippen MR) is 81.7 cm³/mol. The fourth-order valence-electron chi connectivity index (χ4n) is 2.05. The molecule has 0 unspecified atom stereocenters. The number of nitrogens with zero attached hydrogens (tertiary/aromatic N) is 4. The van der Waals surface area contributed by atoms with Gasteiger partial charge in [-0.2, -0.15) is 0 Å². The zero-order chi connectivity index (χ0) is 14.7. The topological polar surface area (TPSA) is 55.1 Å². The van der Waals surface area contributed by atoms with Crippen LogP contribution in [0.5, 0.6) is 0 Å². The molecule has 3 heterocycles. The third-order valence-corrected chi connectivity index (χ3v) is 4.27. The molecule has 0 aliphatic heterocycles. The molecule has 0 radical (unpaired) electrons. The van der Waals surface area contributed by atoms with Crippen molar-refractivity contribution in [3.63, 3.8) is 0 Å². The van der Waals surface area contributed by atoms with Crippen LogP contribution in [0.25, 0.3) is 10.8 Å². The summed E-state index contributed by atoms with van der Waals surface area (Å²) in [5.74, 6) is 1.21. The van der Waals surface area contributed by atoms with Gasteiger partial charge in [-0.25, -0.2) is 0 Å². The molecule has 3 rings (SSSR count). The van der Waals surface area contributed by atoms with Crippen LogP contribution in [0, 0.1) is 0 Å². The monoisotopic (exact) mass is 300 g/mol. The van der Waals surface area contributed by atoms with Crippen LogP contribution in [-0.4, -0.2) is 27.1 Å². The van der Waals surface area contributed by atoms with Crippen LogP contribution in [0.1, 0.15) is 24.4 Å². The highest BCUT2D eigenvalue weighted by atomic mass is 32.1. The van der Waals surface area contributed by atoms with E-state index in [-0.39, 0.29) is 6.04 Å². The number of aromatic nitrogens is 3. The van der Waals surface area contributed by atoms with Gasteiger partial charge in [0.1, 0.15) is 0 Å². The van der Waals surface area contributed by atoms with Gasteiger partial charge in [0.15, 0.2) is 0 Å². The number of hydrogen-bond donors (Lipinski definition) is 0. The average Bonchev–Trinajstić information content (AvgIpc) is 3.18. The molecule has 0 amide bonds. The molecule has 0 spiro atoms. The van der Waals surface area contributed by atoms with Crippen LogP contribution < -0.4 is 0 Å². The van der Waals surface area contributed by atoms with E-state index < -0.39 is 0 Å². The van der Waals surface area contributed by atoms with Crippen LogP contribution in [0.3, 0.4) is 0 Å². The molecule has 0 saturated carbocycles. The standard InChI is InChI=1S/C15H16N4OS/c1-11(12-5-3-7-16-9-12)19(2)10-14-17-18-15(20-14)13-6-4-8-21-13/h3-9,11H,10H2,1-2H3/t11-/m1/s1. The Hall–Kier alpha value is -2.05. The summed E-state index contributed by atoms with van der Waals surface area (Å²) in [6.45, 7) is 2.74. The van der Waals surface area contributed by atoms with Gasteiger partial charge in [-0.1, -0.05) is 12.1 Å². The van der Waals surface area contributed by atoms with E-state index in [1.54, 1.807) is 17.5 Å². The van der Waals surface area contributed by atoms with Crippen molar-refractivity contribution in [2.45, 2.75) is 19.5 Å². The SMILES string of the molecule is C[C@H](c1cccnc1)N(C)Cc1nnc(-c2cccs2)o1. The van der Waals surface area contributed by atoms with E-state index in [2.05, 4.69) is 33.1 Å². The van der Waals surface area contributed by atoms with E-state index in [0.29, 0.717) is 18.3 Å². The minimum Gasteiger partial charge on any atom is -0.419 e. The first-order valence-corrected chi connectivity index (χ1v) is 7.58. The van der Waals surface area contributed by atoms with Gasteiger partial charge in [0.05, 0.1) is 11.4 Å². The molecule has 108 valence electrons. The van der Waals surface area contributed by atoms with Crippen molar-refractivity contribution in [1.29, 1.82) is 0 Å². The second-order valence-electron chi connectivity index (χ2n) is 4.86. The van der Waals surface area contributed by atoms with Crippen molar-refractivity contribution in [2.24, 2.45) is 0 Å². The van der Waals surface area contributed by atoms with Gasteiger partial charge in [-0.15, -0.1) is 21.5 Å². The molecule has 1 atom stereocenters. The summed E-state index contributed by atoms with van der Waals surface area (Å²) in [7, 11) is 2.03. The average molecular weight is 300 g/mol. The molecule has 0 bridgehead atoms. The van der Waals surface area contributed by atoms with E-state index in [1.807, 2.05) is 36.8 Å². The maximum Gasteiger partial charge on any atom is 0.257 e. The van der Waals surface area contributed by atoms with Gasteiger partial charge in [0.2, 0.25) is 5.89 Å². The zero-order valence-electron chi connectivity index (χ0n) is 11.9. The minimum absolute atomic E-state index is 0.232. The molecule has 21 heavy (non-hydrogen) atoms. The van der Waals surface area contributed by atoms with Gasteiger partial charge in [-0.3, -0.25) is 9.88 Å². The maximum absolute atomic E-state index is 5.72. The fourth-order valence-corrected chi connectivity index (χ4v) is 2.69. The molecule has 0 aliphatic carbocycles. The van der Waals surface area contributed by atoms with E-state index in [0.717, 1.165) is 10.4 Å². The number of rotatable bonds is 5. The Morgan fingerprint density at radius 3 is 2.90 bits per heavy atom. The van der Waals surface area contributed by atoms with Gasteiger partial charge in [0.25, 0.3) is 5.89 Å². The first-order valence-electron chi connectivity index (χ1n) is 6.70. The summed E-state index contributed by atoms with van der Waals surface area (Å²) >= 11 is 1.59. The second-order valence-corrected chi connectivity index (χ2v) is 5.80. The van der Waals surface area contributed by atoms with Crippen molar-refractivity contribution in [2.75, 3.05) is 7.05 Å². The summed E-state index contributed by atoms with van der Waals surface area (Å²) in [6.07, 6.45) is 3.66. The Kier molecular flexibility index (Phi) is 4.08. The maximum atomic E-state index is 5.72. The Labute approximate surface area is 127 Å². The molecule has 6 heteroatoms. The van der Waals surface area contributed by atoms with Crippen molar-refractivity contribution in [3.05, 3.63) is 53.5 Å². The van der Waals surface area contributed by atoms with Gasteiger partial charge in [0, 0.05) is 18.4 Å². The van der Waals surface area contributed by atoms with E-state index in [9.17, 15) is 0 Å². The van der Waals surface area contributed by atoms with Crippen LogP contribution in [0.2, 0.25) is 0 Å². The fraction of sp³-hybridized carbons (Fsp3) is 0.267.